The summed E-state index contributed by atoms with van der Waals surface area (Å²) < 4.78 is 0. The van der Waals surface area contributed by atoms with Crippen LogP contribution in [0.4, 0.5) is 0 Å². The van der Waals surface area contributed by atoms with E-state index in [4.69, 9.17) is 0 Å². The van der Waals surface area contributed by atoms with Crippen molar-refractivity contribution in [2.45, 2.75) is 13.8 Å². The van der Waals surface area contributed by atoms with E-state index in [1.54, 1.807) is 24.7 Å². The molecule has 0 radical (unpaired) electrons. The summed E-state index contributed by atoms with van der Waals surface area (Å²) >= 11 is 0. The summed E-state index contributed by atoms with van der Waals surface area (Å²) in [6, 6.07) is 0. The Kier molecular flexibility index (Phi) is 4.50. The summed E-state index contributed by atoms with van der Waals surface area (Å²) in [5.41, 5.74) is 3.07. The molecule has 1 amide bonds. The van der Waals surface area contributed by atoms with Gasteiger partial charge in [0.2, 0.25) is 0 Å². The fraction of sp³-hybridized carbons (Fsp3) is 0.133. The second kappa shape index (κ2) is 6.51. The van der Waals surface area contributed by atoms with Crippen molar-refractivity contribution in [3.63, 3.8) is 0 Å². The van der Waals surface area contributed by atoms with Crippen molar-refractivity contribution >= 4 is 5.91 Å². The molecule has 0 saturated carbocycles. The van der Waals surface area contributed by atoms with Gasteiger partial charge in [0.1, 0.15) is 5.69 Å². The second-order valence-electron chi connectivity index (χ2n) is 4.40. The molecule has 3 N–H and O–H groups in total. The monoisotopic (exact) mass is 283 g/mol. The van der Waals surface area contributed by atoms with Crippen LogP contribution in [0.15, 0.2) is 49.1 Å². The minimum Gasteiger partial charge on any atom is -0.348 e. The Morgan fingerprint density at radius 2 is 2.24 bits per heavy atom. The van der Waals surface area contributed by atoms with Gasteiger partial charge in [-0.1, -0.05) is 24.8 Å². The van der Waals surface area contributed by atoms with Crippen LogP contribution in [0.3, 0.4) is 0 Å². The van der Waals surface area contributed by atoms with Gasteiger partial charge in [0.25, 0.3) is 5.91 Å². The van der Waals surface area contributed by atoms with Crippen LogP contribution in [0.5, 0.6) is 0 Å². The van der Waals surface area contributed by atoms with E-state index in [0.29, 0.717) is 22.6 Å². The third kappa shape index (κ3) is 3.36. The highest BCUT2D eigenvalue weighted by atomic mass is 16.1. The van der Waals surface area contributed by atoms with Gasteiger partial charge in [-0.25, -0.2) is 4.98 Å². The quantitative estimate of drug-likeness (QED) is 0.737. The van der Waals surface area contributed by atoms with Crippen molar-refractivity contribution in [1.82, 2.24) is 25.5 Å². The summed E-state index contributed by atoms with van der Waals surface area (Å²) in [4.78, 5) is 19.4. The lowest BCUT2D eigenvalue weighted by Gasteiger charge is -2.04. The topological polar surface area (TPSA) is 86.5 Å². The van der Waals surface area contributed by atoms with Crippen molar-refractivity contribution < 1.29 is 4.79 Å². The number of H-pyrrole nitrogens is 2. The number of carbonyl (C=O) groups is 1. The normalized spacial score (nSPS) is 11.3. The van der Waals surface area contributed by atoms with E-state index in [9.17, 15) is 4.79 Å². The van der Waals surface area contributed by atoms with Gasteiger partial charge in [0, 0.05) is 11.4 Å². The Hall–Kier alpha value is -2.89. The molecule has 0 aliphatic carbocycles. The number of nitrogens with zero attached hydrogens (tertiary/aromatic N) is 2. The average Bonchev–Trinajstić information content (AvgIpc) is 3.06. The molecule has 108 valence electrons. The number of amides is 1. The number of rotatable bonds is 5. The molecule has 2 aromatic heterocycles. The molecule has 2 heterocycles. The van der Waals surface area contributed by atoms with E-state index in [2.05, 4.69) is 32.1 Å². The molecular weight excluding hydrogens is 266 g/mol. The highest BCUT2D eigenvalue weighted by Gasteiger charge is 2.18. The van der Waals surface area contributed by atoms with Gasteiger partial charge in [0.15, 0.2) is 0 Å². The van der Waals surface area contributed by atoms with Gasteiger partial charge in [0.05, 0.1) is 23.8 Å². The zero-order valence-electron chi connectivity index (χ0n) is 12.0. The number of hydrogen-bond donors (Lipinski definition) is 3. The van der Waals surface area contributed by atoms with Gasteiger partial charge in [-0.3, -0.25) is 9.89 Å². The molecule has 6 nitrogen and oxygen atoms in total. The molecule has 6 heteroatoms. The predicted octanol–water partition coefficient (Wildman–Crippen LogP) is 2.48. The number of allylic oxidation sites excluding steroid dienone is 4. The maximum absolute atomic E-state index is 12.2. The number of hydrogen-bond acceptors (Lipinski definition) is 3. The van der Waals surface area contributed by atoms with Crippen molar-refractivity contribution in [3.8, 4) is 11.3 Å². The fourth-order valence-electron chi connectivity index (χ4n) is 1.80. The lowest BCUT2D eigenvalue weighted by atomic mass is 10.1. The summed E-state index contributed by atoms with van der Waals surface area (Å²) in [5.74, 6) is -0.306. The summed E-state index contributed by atoms with van der Waals surface area (Å²) in [6.45, 7) is 7.57. The number of imidazole rings is 1. The SMILES string of the molecule is C=C(/C=C\C=C/C)NC(=O)c1[nH]ncc1-c1nc[nH]c1C. The number of aromatic amines is 2. The van der Waals surface area contributed by atoms with Crippen LogP contribution in [0.1, 0.15) is 23.1 Å². The van der Waals surface area contributed by atoms with Gasteiger partial charge < -0.3 is 10.3 Å². The first kappa shape index (κ1) is 14.5. The van der Waals surface area contributed by atoms with E-state index in [1.807, 2.05) is 26.0 Å². The standard InChI is InChI=1S/C15H17N5O/c1-4-5-6-7-10(2)19-15(21)14-12(8-18-20-14)13-11(3)16-9-17-13/h4-9H,2H2,1,3H3,(H,16,17)(H,18,20)(H,19,21)/b5-4-,7-6-. The first-order chi connectivity index (χ1) is 10.1. The lowest BCUT2D eigenvalue weighted by molar-refractivity contribution is 0.0963. The lowest BCUT2D eigenvalue weighted by Crippen LogP contribution is -2.22. The Balaban J connectivity index is 2.16. The molecule has 0 atom stereocenters. The van der Waals surface area contributed by atoms with Crippen LogP contribution in [0, 0.1) is 6.92 Å². The highest BCUT2D eigenvalue weighted by Crippen LogP contribution is 2.22. The first-order valence-corrected chi connectivity index (χ1v) is 6.46. The second-order valence-corrected chi connectivity index (χ2v) is 4.40. The van der Waals surface area contributed by atoms with E-state index in [-0.39, 0.29) is 5.91 Å². The Labute approximate surface area is 122 Å². The molecule has 0 unspecified atom stereocenters. The summed E-state index contributed by atoms with van der Waals surface area (Å²) in [6.07, 6.45) is 10.4. The molecule has 0 bridgehead atoms. The Morgan fingerprint density at radius 1 is 1.43 bits per heavy atom. The molecule has 2 rings (SSSR count). The van der Waals surface area contributed by atoms with Crippen LogP contribution in [-0.2, 0) is 0 Å². The van der Waals surface area contributed by atoms with Crippen LogP contribution < -0.4 is 5.32 Å². The Morgan fingerprint density at radius 3 is 2.90 bits per heavy atom. The molecule has 0 spiro atoms. The number of aryl methyl sites for hydroxylation is 1. The van der Waals surface area contributed by atoms with Gasteiger partial charge in [-0.15, -0.1) is 0 Å². The molecule has 2 aromatic rings. The maximum atomic E-state index is 12.2. The van der Waals surface area contributed by atoms with E-state index in [1.165, 1.54) is 0 Å². The molecule has 0 aliphatic rings. The van der Waals surface area contributed by atoms with E-state index >= 15 is 0 Å². The number of aromatic nitrogens is 4. The zero-order valence-corrected chi connectivity index (χ0v) is 12.0. The predicted molar refractivity (Wildman–Crippen MR) is 81.5 cm³/mol. The summed E-state index contributed by atoms with van der Waals surface area (Å²) in [5, 5.41) is 9.32. The van der Waals surface area contributed by atoms with Crippen LogP contribution in [0.25, 0.3) is 11.3 Å². The van der Waals surface area contributed by atoms with Gasteiger partial charge in [-0.2, -0.15) is 5.10 Å². The van der Waals surface area contributed by atoms with Crippen LogP contribution >= 0.6 is 0 Å². The fourth-order valence-corrected chi connectivity index (χ4v) is 1.80. The van der Waals surface area contributed by atoms with Crippen LogP contribution in [0.2, 0.25) is 0 Å². The summed E-state index contributed by atoms with van der Waals surface area (Å²) in [7, 11) is 0. The first-order valence-electron chi connectivity index (χ1n) is 6.46. The molecule has 0 aliphatic heterocycles. The van der Waals surface area contributed by atoms with Gasteiger partial charge >= 0.3 is 0 Å². The zero-order chi connectivity index (χ0) is 15.2. The molecular formula is C15H17N5O. The molecule has 0 saturated heterocycles. The highest BCUT2D eigenvalue weighted by molar-refractivity contribution is 5.99. The minimum absolute atomic E-state index is 0.306. The van der Waals surface area contributed by atoms with Crippen molar-refractivity contribution in [1.29, 1.82) is 0 Å². The van der Waals surface area contributed by atoms with E-state index < -0.39 is 0 Å². The number of carbonyl (C=O) groups excluding carboxylic acids is 1. The largest absolute Gasteiger partial charge is 0.348 e. The maximum Gasteiger partial charge on any atom is 0.274 e. The average molecular weight is 283 g/mol. The smallest absolute Gasteiger partial charge is 0.274 e. The molecule has 0 aromatic carbocycles. The third-order valence-corrected chi connectivity index (χ3v) is 2.83. The van der Waals surface area contributed by atoms with Crippen molar-refractivity contribution in [2.24, 2.45) is 0 Å². The number of nitrogens with one attached hydrogen (secondary N) is 3. The minimum atomic E-state index is -0.306. The molecule has 0 fully saturated rings. The van der Waals surface area contributed by atoms with Crippen molar-refractivity contribution in [3.05, 3.63) is 60.5 Å². The van der Waals surface area contributed by atoms with Crippen molar-refractivity contribution in [2.75, 3.05) is 0 Å². The van der Waals surface area contributed by atoms with E-state index in [0.717, 1.165) is 5.69 Å². The van der Waals surface area contributed by atoms with Crippen LogP contribution in [-0.4, -0.2) is 26.1 Å². The molecule has 21 heavy (non-hydrogen) atoms. The Bertz CT molecular complexity index is 705. The van der Waals surface area contributed by atoms with Gasteiger partial charge in [-0.05, 0) is 19.9 Å². The third-order valence-electron chi connectivity index (χ3n) is 2.83.